The summed E-state index contributed by atoms with van der Waals surface area (Å²) in [5.41, 5.74) is 7.57. The molecule has 0 aromatic carbocycles. The molecule has 0 amide bonds. The molecule has 0 atom stereocenters. The average Bonchev–Trinajstić information content (AvgIpc) is 2.06. The Labute approximate surface area is 141 Å². The molecule has 0 spiro atoms. The summed E-state index contributed by atoms with van der Waals surface area (Å²) in [5.74, 6) is 0.580. The van der Waals surface area contributed by atoms with Crippen LogP contribution < -0.4 is 5.73 Å². The third kappa shape index (κ3) is 6.60. The Morgan fingerprint density at radius 1 is 0.545 bits per heavy atom. The molecule has 1 heteroatoms. The van der Waals surface area contributed by atoms with Crippen LogP contribution >= 0.6 is 0 Å². The summed E-state index contributed by atoms with van der Waals surface area (Å²) in [6, 6.07) is 0. The summed E-state index contributed by atoms with van der Waals surface area (Å²) in [7, 11) is 0. The summed E-state index contributed by atoms with van der Waals surface area (Å²) in [4.78, 5) is 0. The Kier molecular flexibility index (Phi) is 6.45. The summed E-state index contributed by atoms with van der Waals surface area (Å²) in [5, 5.41) is 0. The average molecular weight is 312 g/mol. The molecule has 0 saturated carbocycles. The van der Waals surface area contributed by atoms with Gasteiger partial charge in [0.1, 0.15) is 0 Å². The van der Waals surface area contributed by atoms with Crippen LogP contribution in [0.2, 0.25) is 0 Å². The predicted octanol–water partition coefficient (Wildman–Crippen LogP) is 6.51. The summed E-state index contributed by atoms with van der Waals surface area (Å²) in [6.45, 7) is 29.5. The Hall–Kier alpha value is -0.0400. The molecule has 0 aromatic rings. The predicted molar refractivity (Wildman–Crippen MR) is 102 cm³/mol. The Balaban J connectivity index is 5.86. The van der Waals surface area contributed by atoms with E-state index < -0.39 is 0 Å². The molecule has 0 unspecified atom stereocenters. The van der Waals surface area contributed by atoms with E-state index in [0.29, 0.717) is 16.7 Å². The first-order chi connectivity index (χ1) is 9.34. The maximum Gasteiger partial charge on any atom is -0.00228 e. The van der Waals surface area contributed by atoms with Crippen molar-refractivity contribution in [3.05, 3.63) is 0 Å². The molecule has 0 fully saturated rings. The smallest absolute Gasteiger partial charge is 0.00228 e. The van der Waals surface area contributed by atoms with E-state index in [9.17, 15) is 0 Å². The fourth-order valence-corrected chi connectivity index (χ4v) is 6.23. The SMILES string of the molecule is CC(C)(C)CC(C)(C)C(C(C)(C)CN)C(C)(C)CC(C)(C)C. The second-order valence-corrected chi connectivity index (χ2v) is 12.1. The standard InChI is InChI=1S/C21H45N/c1-17(2,3)13-19(7,8)16(21(11,12)15-22)20(9,10)14-18(4,5)6/h16H,13-15,22H2,1-12H3. The molecule has 134 valence electrons. The topological polar surface area (TPSA) is 26.0 Å². The van der Waals surface area contributed by atoms with E-state index in [2.05, 4.69) is 83.1 Å². The van der Waals surface area contributed by atoms with E-state index in [1.165, 1.54) is 12.8 Å². The van der Waals surface area contributed by atoms with Gasteiger partial charge < -0.3 is 5.73 Å². The van der Waals surface area contributed by atoms with Crippen LogP contribution in [0.25, 0.3) is 0 Å². The van der Waals surface area contributed by atoms with Gasteiger partial charge in [-0.25, -0.2) is 0 Å². The van der Waals surface area contributed by atoms with Crippen LogP contribution in [0.1, 0.15) is 95.9 Å². The van der Waals surface area contributed by atoms with Gasteiger partial charge in [-0.15, -0.1) is 0 Å². The van der Waals surface area contributed by atoms with Gasteiger partial charge in [0, 0.05) is 0 Å². The van der Waals surface area contributed by atoms with Gasteiger partial charge in [0.05, 0.1) is 0 Å². The Morgan fingerprint density at radius 2 is 0.818 bits per heavy atom. The monoisotopic (exact) mass is 311 g/mol. The van der Waals surface area contributed by atoms with Crippen LogP contribution in [0.5, 0.6) is 0 Å². The second-order valence-electron chi connectivity index (χ2n) is 12.1. The van der Waals surface area contributed by atoms with E-state index >= 15 is 0 Å². The number of rotatable bonds is 6. The van der Waals surface area contributed by atoms with Crippen LogP contribution in [0.15, 0.2) is 0 Å². The van der Waals surface area contributed by atoms with Gasteiger partial charge in [-0.1, -0.05) is 83.1 Å². The first kappa shape index (κ1) is 22.0. The lowest BCUT2D eigenvalue weighted by Crippen LogP contribution is -2.50. The lowest BCUT2D eigenvalue weighted by atomic mass is 9.50. The number of hydrogen-bond donors (Lipinski definition) is 1. The van der Waals surface area contributed by atoms with Crippen LogP contribution in [0.4, 0.5) is 0 Å². The van der Waals surface area contributed by atoms with Gasteiger partial charge in [0.15, 0.2) is 0 Å². The molecule has 0 rings (SSSR count). The van der Waals surface area contributed by atoms with Crippen molar-refractivity contribution in [2.24, 2.45) is 38.7 Å². The molecule has 0 heterocycles. The normalized spacial score (nSPS) is 15.5. The molecule has 2 N–H and O–H groups in total. The van der Waals surface area contributed by atoms with Gasteiger partial charge in [-0.3, -0.25) is 0 Å². The molecular weight excluding hydrogens is 266 g/mol. The van der Waals surface area contributed by atoms with Crippen molar-refractivity contribution >= 4 is 0 Å². The van der Waals surface area contributed by atoms with Crippen molar-refractivity contribution in [1.82, 2.24) is 0 Å². The minimum atomic E-state index is 0.142. The van der Waals surface area contributed by atoms with Crippen molar-refractivity contribution in [3.63, 3.8) is 0 Å². The van der Waals surface area contributed by atoms with Crippen molar-refractivity contribution < 1.29 is 0 Å². The molecule has 0 aliphatic rings. The van der Waals surface area contributed by atoms with Gasteiger partial charge in [0.25, 0.3) is 0 Å². The van der Waals surface area contributed by atoms with E-state index in [4.69, 9.17) is 5.73 Å². The highest BCUT2D eigenvalue weighted by Crippen LogP contribution is 2.57. The van der Waals surface area contributed by atoms with E-state index in [1.54, 1.807) is 0 Å². The van der Waals surface area contributed by atoms with Crippen molar-refractivity contribution in [1.29, 1.82) is 0 Å². The third-order valence-corrected chi connectivity index (χ3v) is 4.84. The summed E-state index contributed by atoms with van der Waals surface area (Å²) < 4.78 is 0. The zero-order valence-corrected chi connectivity index (χ0v) is 17.8. The quantitative estimate of drug-likeness (QED) is 0.594. The summed E-state index contributed by atoms with van der Waals surface area (Å²) in [6.07, 6.45) is 2.45. The van der Waals surface area contributed by atoms with Crippen LogP contribution in [0.3, 0.4) is 0 Å². The van der Waals surface area contributed by atoms with E-state index in [1.807, 2.05) is 0 Å². The third-order valence-electron chi connectivity index (χ3n) is 4.84. The minimum absolute atomic E-state index is 0.142. The number of hydrogen-bond acceptors (Lipinski definition) is 1. The maximum absolute atomic E-state index is 6.23. The fraction of sp³-hybridized carbons (Fsp3) is 1.00. The fourth-order valence-electron chi connectivity index (χ4n) is 6.23. The first-order valence-electron chi connectivity index (χ1n) is 9.04. The van der Waals surface area contributed by atoms with E-state index in [-0.39, 0.29) is 16.2 Å². The molecule has 0 saturated heterocycles. The zero-order valence-electron chi connectivity index (χ0n) is 17.8. The lowest BCUT2D eigenvalue weighted by Gasteiger charge is -2.55. The highest BCUT2D eigenvalue weighted by atomic mass is 14.6. The highest BCUT2D eigenvalue weighted by Gasteiger charge is 2.50. The van der Waals surface area contributed by atoms with Crippen molar-refractivity contribution in [2.75, 3.05) is 6.54 Å². The molecule has 0 radical (unpaired) electrons. The molecule has 0 bridgehead atoms. The van der Waals surface area contributed by atoms with Gasteiger partial charge in [-0.2, -0.15) is 0 Å². The maximum atomic E-state index is 6.23. The second kappa shape index (κ2) is 6.46. The minimum Gasteiger partial charge on any atom is -0.330 e. The Morgan fingerprint density at radius 3 is 1.00 bits per heavy atom. The van der Waals surface area contributed by atoms with Crippen molar-refractivity contribution in [2.45, 2.75) is 95.9 Å². The molecular formula is C21H45N. The molecule has 22 heavy (non-hydrogen) atoms. The Bertz CT molecular complexity index is 319. The van der Waals surface area contributed by atoms with Crippen LogP contribution in [0, 0.1) is 33.0 Å². The molecule has 0 aromatic heterocycles. The highest BCUT2D eigenvalue weighted by molar-refractivity contribution is 4.99. The van der Waals surface area contributed by atoms with Crippen molar-refractivity contribution in [3.8, 4) is 0 Å². The lowest BCUT2D eigenvalue weighted by molar-refractivity contribution is -0.0591. The van der Waals surface area contributed by atoms with Crippen LogP contribution in [-0.2, 0) is 0 Å². The molecule has 1 nitrogen and oxygen atoms in total. The first-order valence-corrected chi connectivity index (χ1v) is 9.04. The van der Waals surface area contributed by atoms with Gasteiger partial charge in [0.2, 0.25) is 0 Å². The molecule has 0 aliphatic carbocycles. The van der Waals surface area contributed by atoms with Gasteiger partial charge >= 0.3 is 0 Å². The largest absolute Gasteiger partial charge is 0.330 e. The molecule has 0 aliphatic heterocycles. The zero-order chi connectivity index (χ0) is 18.2. The summed E-state index contributed by atoms with van der Waals surface area (Å²) >= 11 is 0. The van der Waals surface area contributed by atoms with Gasteiger partial charge in [-0.05, 0) is 52.4 Å². The number of nitrogens with two attached hydrogens (primary N) is 1. The van der Waals surface area contributed by atoms with Crippen LogP contribution in [-0.4, -0.2) is 6.54 Å². The van der Waals surface area contributed by atoms with E-state index in [0.717, 1.165) is 6.54 Å².